The summed E-state index contributed by atoms with van der Waals surface area (Å²) in [6.07, 6.45) is -1.18. The van der Waals surface area contributed by atoms with E-state index < -0.39 is 18.5 Å². The van der Waals surface area contributed by atoms with Gasteiger partial charge in [0.1, 0.15) is 11.9 Å². The van der Waals surface area contributed by atoms with Gasteiger partial charge in [-0.05, 0) is 0 Å². The van der Waals surface area contributed by atoms with Gasteiger partial charge in [-0.15, -0.1) is 0 Å². The molecule has 0 fully saturated rings. The maximum absolute atomic E-state index is 8.34. The molecule has 1 unspecified atom stereocenters. The van der Waals surface area contributed by atoms with Crippen LogP contribution in [-0.4, -0.2) is 28.0 Å². The van der Waals surface area contributed by atoms with Gasteiger partial charge in [-0.3, -0.25) is 0 Å². The fraction of sp³-hybridized carbons (Fsp3) is 0.500. The summed E-state index contributed by atoms with van der Waals surface area (Å²) in [6, 6.07) is 0. The molecular formula is C4H8O3. The van der Waals surface area contributed by atoms with Gasteiger partial charge in [0.05, 0.1) is 6.61 Å². The summed E-state index contributed by atoms with van der Waals surface area (Å²) in [6.45, 7) is 2.49. The van der Waals surface area contributed by atoms with Gasteiger partial charge in [0.25, 0.3) is 0 Å². The number of aliphatic hydroxyl groups excluding tert-OH is 3. The minimum absolute atomic E-state index is 0.400. The summed E-state index contributed by atoms with van der Waals surface area (Å²) in [5.41, 5.74) is 0. The van der Waals surface area contributed by atoms with Crippen LogP contribution in [0.1, 0.15) is 0 Å². The summed E-state index contributed by atoms with van der Waals surface area (Å²) in [5.74, 6) is -0.400. The summed E-state index contributed by atoms with van der Waals surface area (Å²) in [5, 5.41) is 24.6. The molecule has 0 saturated carbocycles. The molecule has 0 aliphatic heterocycles. The van der Waals surface area contributed by atoms with Crippen molar-refractivity contribution in [2.45, 2.75) is 6.10 Å². The Labute approximate surface area is 41.5 Å². The second-order valence-corrected chi connectivity index (χ2v) is 1.19. The van der Waals surface area contributed by atoms with E-state index >= 15 is 0 Å². The highest BCUT2D eigenvalue weighted by Gasteiger charge is 2.01. The van der Waals surface area contributed by atoms with Gasteiger partial charge in [0.2, 0.25) is 0 Å². The van der Waals surface area contributed by atoms with Gasteiger partial charge >= 0.3 is 0 Å². The fourth-order valence-electron chi connectivity index (χ4n) is 0.105. The predicted octanol–water partition coefficient (Wildman–Crippen LogP) is -0.589. The molecule has 0 bridgehead atoms. The molecule has 0 heterocycles. The Bertz CT molecular complexity index is 69.3. The maximum Gasteiger partial charge on any atom is 0.133 e. The van der Waals surface area contributed by atoms with Crippen molar-refractivity contribution in [3.63, 3.8) is 0 Å². The summed E-state index contributed by atoms with van der Waals surface area (Å²) < 4.78 is 0. The Morgan fingerprint density at radius 1 is 1.71 bits per heavy atom. The highest BCUT2D eigenvalue weighted by atomic mass is 16.3. The molecule has 42 valence electrons. The summed E-state index contributed by atoms with van der Waals surface area (Å²) in [4.78, 5) is 0. The van der Waals surface area contributed by atoms with E-state index in [0.29, 0.717) is 0 Å². The zero-order valence-corrected chi connectivity index (χ0v) is 3.83. The predicted molar refractivity (Wildman–Crippen MR) is 24.9 cm³/mol. The van der Waals surface area contributed by atoms with Crippen molar-refractivity contribution < 1.29 is 15.3 Å². The van der Waals surface area contributed by atoms with Crippen LogP contribution in [0.15, 0.2) is 12.3 Å². The number of hydrogen-bond acceptors (Lipinski definition) is 3. The average molecular weight is 104 g/mol. The van der Waals surface area contributed by atoms with Gasteiger partial charge in [-0.2, -0.15) is 0 Å². The lowest BCUT2D eigenvalue weighted by atomic mass is 10.3. The van der Waals surface area contributed by atoms with Gasteiger partial charge < -0.3 is 15.3 Å². The maximum atomic E-state index is 8.34. The van der Waals surface area contributed by atoms with E-state index in [1.54, 1.807) is 0 Å². The normalized spacial score (nSPS) is 13.4. The SMILES string of the molecule is C=C(O)C(O)CO. The summed E-state index contributed by atoms with van der Waals surface area (Å²) >= 11 is 0. The third-order valence-corrected chi connectivity index (χ3v) is 0.558. The lowest BCUT2D eigenvalue weighted by molar-refractivity contribution is 0.0880. The molecule has 3 heteroatoms. The van der Waals surface area contributed by atoms with E-state index in [9.17, 15) is 0 Å². The Morgan fingerprint density at radius 3 is 2.14 bits per heavy atom. The van der Waals surface area contributed by atoms with Crippen molar-refractivity contribution in [3.05, 3.63) is 12.3 Å². The lowest BCUT2D eigenvalue weighted by Gasteiger charge is -2.00. The molecule has 0 radical (unpaired) electrons. The van der Waals surface area contributed by atoms with Crippen LogP contribution in [0.3, 0.4) is 0 Å². The first-order valence-corrected chi connectivity index (χ1v) is 1.85. The van der Waals surface area contributed by atoms with Crippen LogP contribution in [0.5, 0.6) is 0 Å². The summed E-state index contributed by atoms with van der Waals surface area (Å²) in [7, 11) is 0. The topological polar surface area (TPSA) is 60.7 Å². The molecule has 0 saturated heterocycles. The van der Waals surface area contributed by atoms with E-state index in [1.165, 1.54) is 0 Å². The minimum Gasteiger partial charge on any atom is -0.510 e. The van der Waals surface area contributed by atoms with E-state index in [4.69, 9.17) is 15.3 Å². The second-order valence-electron chi connectivity index (χ2n) is 1.19. The van der Waals surface area contributed by atoms with Crippen molar-refractivity contribution in [1.29, 1.82) is 0 Å². The van der Waals surface area contributed by atoms with Crippen molar-refractivity contribution in [2.24, 2.45) is 0 Å². The highest BCUT2D eigenvalue weighted by molar-refractivity contribution is 4.87. The highest BCUT2D eigenvalue weighted by Crippen LogP contribution is 1.89. The molecule has 0 aromatic heterocycles. The Morgan fingerprint density at radius 2 is 2.14 bits per heavy atom. The van der Waals surface area contributed by atoms with Crippen LogP contribution < -0.4 is 0 Å². The minimum atomic E-state index is -1.18. The van der Waals surface area contributed by atoms with Crippen LogP contribution in [0.25, 0.3) is 0 Å². The third-order valence-electron chi connectivity index (χ3n) is 0.558. The van der Waals surface area contributed by atoms with E-state index in [2.05, 4.69) is 6.58 Å². The van der Waals surface area contributed by atoms with Crippen LogP contribution >= 0.6 is 0 Å². The molecule has 0 aliphatic rings. The number of hydrogen-bond donors (Lipinski definition) is 3. The van der Waals surface area contributed by atoms with Gasteiger partial charge in [0, 0.05) is 0 Å². The van der Waals surface area contributed by atoms with Crippen LogP contribution in [-0.2, 0) is 0 Å². The third kappa shape index (κ3) is 2.19. The van der Waals surface area contributed by atoms with Gasteiger partial charge in [0.15, 0.2) is 0 Å². The van der Waals surface area contributed by atoms with Crippen molar-refractivity contribution in [3.8, 4) is 0 Å². The van der Waals surface area contributed by atoms with Crippen LogP contribution in [0, 0.1) is 0 Å². The van der Waals surface area contributed by atoms with Gasteiger partial charge in [-0.25, -0.2) is 0 Å². The largest absolute Gasteiger partial charge is 0.510 e. The Kier molecular flexibility index (Phi) is 2.40. The lowest BCUT2D eigenvalue weighted by Crippen LogP contribution is -2.13. The van der Waals surface area contributed by atoms with Crippen molar-refractivity contribution >= 4 is 0 Å². The van der Waals surface area contributed by atoms with Crippen molar-refractivity contribution in [1.82, 2.24) is 0 Å². The smallest absolute Gasteiger partial charge is 0.133 e. The molecule has 7 heavy (non-hydrogen) atoms. The zero-order valence-electron chi connectivity index (χ0n) is 3.83. The first-order valence-electron chi connectivity index (χ1n) is 1.85. The van der Waals surface area contributed by atoms with Crippen molar-refractivity contribution in [2.75, 3.05) is 6.61 Å². The van der Waals surface area contributed by atoms with E-state index in [1.807, 2.05) is 0 Å². The first-order chi connectivity index (χ1) is 3.18. The Balaban J connectivity index is 3.34. The zero-order chi connectivity index (χ0) is 5.86. The quantitative estimate of drug-likeness (QED) is 0.410. The van der Waals surface area contributed by atoms with E-state index in [0.717, 1.165) is 0 Å². The van der Waals surface area contributed by atoms with Crippen LogP contribution in [0.2, 0.25) is 0 Å². The number of aliphatic hydroxyl groups is 3. The molecule has 0 aromatic carbocycles. The molecular weight excluding hydrogens is 96.0 g/mol. The van der Waals surface area contributed by atoms with E-state index in [-0.39, 0.29) is 0 Å². The molecule has 3 nitrogen and oxygen atoms in total. The molecule has 0 amide bonds. The monoisotopic (exact) mass is 104 g/mol. The standard InChI is InChI=1S/C4H8O3/c1-3(6)4(7)2-5/h4-7H,1-2H2. The van der Waals surface area contributed by atoms with Gasteiger partial charge in [-0.1, -0.05) is 6.58 Å². The molecule has 0 spiro atoms. The molecule has 1 atom stereocenters. The molecule has 0 aromatic rings. The fourth-order valence-corrected chi connectivity index (χ4v) is 0.105. The average Bonchev–Trinajstić information content (AvgIpc) is 1.65. The molecule has 0 rings (SSSR count). The van der Waals surface area contributed by atoms with Crippen LogP contribution in [0.4, 0.5) is 0 Å². The molecule has 0 aliphatic carbocycles. The Hall–Kier alpha value is -0.540. The second kappa shape index (κ2) is 2.60. The number of rotatable bonds is 2. The molecule has 3 N–H and O–H groups in total. The first kappa shape index (κ1) is 6.46.